The van der Waals surface area contributed by atoms with E-state index in [-0.39, 0.29) is 11.5 Å². The molecule has 0 saturated carbocycles. The largest absolute Gasteiger partial charge is 0.507 e. The minimum absolute atomic E-state index is 0.106. The van der Waals surface area contributed by atoms with Crippen LogP contribution >= 0.6 is 0 Å². The lowest BCUT2D eigenvalue weighted by Gasteiger charge is -2.07. The van der Waals surface area contributed by atoms with Crippen molar-refractivity contribution in [1.82, 2.24) is 5.32 Å². The lowest BCUT2D eigenvalue weighted by molar-refractivity contribution is 0.199. The molecule has 0 spiro atoms. The third-order valence-corrected chi connectivity index (χ3v) is 1.91. The Bertz CT molecular complexity index is 268. The molecule has 0 fully saturated rings. The Morgan fingerprint density at radius 3 is 2.50 bits per heavy atom. The summed E-state index contributed by atoms with van der Waals surface area (Å²) in [6, 6.07) is 4.70. The molecular weight excluding hydrogens is 182 g/mol. The van der Waals surface area contributed by atoms with Gasteiger partial charge < -0.3 is 20.3 Å². The molecule has 78 valence electrons. The van der Waals surface area contributed by atoms with E-state index in [2.05, 4.69) is 5.32 Å². The van der Waals surface area contributed by atoms with Crippen molar-refractivity contribution in [1.29, 1.82) is 0 Å². The van der Waals surface area contributed by atoms with Crippen molar-refractivity contribution in [2.75, 3.05) is 20.3 Å². The molecule has 0 heterocycles. The molecule has 4 heteroatoms. The number of hydrogen-bond donors (Lipinski definition) is 3. The van der Waals surface area contributed by atoms with Gasteiger partial charge in [-0.2, -0.15) is 0 Å². The first-order chi connectivity index (χ1) is 6.75. The van der Waals surface area contributed by atoms with Gasteiger partial charge in [0.1, 0.15) is 11.5 Å². The molecule has 1 rings (SSSR count). The van der Waals surface area contributed by atoms with Crippen LogP contribution in [0.3, 0.4) is 0 Å². The molecule has 0 radical (unpaired) electrons. The van der Waals surface area contributed by atoms with E-state index < -0.39 is 0 Å². The highest BCUT2D eigenvalue weighted by molar-refractivity contribution is 5.42. The van der Waals surface area contributed by atoms with Crippen LogP contribution in [0.4, 0.5) is 0 Å². The molecule has 0 aliphatic carbocycles. The first-order valence-corrected chi connectivity index (χ1v) is 4.45. The third kappa shape index (κ3) is 2.90. The Balaban J connectivity index is 2.49. The van der Waals surface area contributed by atoms with Crippen LogP contribution in [0.5, 0.6) is 11.5 Å². The van der Waals surface area contributed by atoms with Gasteiger partial charge in [-0.05, 0) is 12.1 Å². The maximum absolute atomic E-state index is 9.42. The molecule has 0 bridgehead atoms. The summed E-state index contributed by atoms with van der Waals surface area (Å²) in [5.41, 5.74) is 0.517. The van der Waals surface area contributed by atoms with Crippen molar-refractivity contribution in [3.63, 3.8) is 0 Å². The van der Waals surface area contributed by atoms with Gasteiger partial charge in [0.05, 0.1) is 6.61 Å². The molecule has 1 aromatic carbocycles. The van der Waals surface area contributed by atoms with E-state index in [1.165, 1.54) is 0 Å². The van der Waals surface area contributed by atoms with E-state index in [0.717, 1.165) is 0 Å². The van der Waals surface area contributed by atoms with Crippen molar-refractivity contribution in [3.05, 3.63) is 23.8 Å². The van der Waals surface area contributed by atoms with Crippen LogP contribution in [0, 0.1) is 0 Å². The number of phenols is 2. The number of nitrogens with one attached hydrogen (secondary N) is 1. The van der Waals surface area contributed by atoms with Crippen molar-refractivity contribution in [2.24, 2.45) is 0 Å². The van der Waals surface area contributed by atoms with Gasteiger partial charge in [-0.25, -0.2) is 0 Å². The van der Waals surface area contributed by atoms with E-state index in [9.17, 15) is 10.2 Å². The van der Waals surface area contributed by atoms with Gasteiger partial charge in [0.25, 0.3) is 0 Å². The zero-order valence-electron chi connectivity index (χ0n) is 8.16. The molecule has 0 aliphatic heterocycles. The molecule has 0 amide bonds. The van der Waals surface area contributed by atoms with Crippen molar-refractivity contribution in [2.45, 2.75) is 6.54 Å². The highest BCUT2D eigenvalue weighted by Crippen LogP contribution is 2.25. The number of hydrogen-bond acceptors (Lipinski definition) is 4. The SMILES string of the molecule is COCCNCc1c(O)cccc1O. The predicted molar refractivity (Wildman–Crippen MR) is 53.4 cm³/mol. The molecule has 0 aliphatic rings. The molecule has 0 saturated heterocycles. The third-order valence-electron chi connectivity index (χ3n) is 1.91. The summed E-state index contributed by atoms with van der Waals surface area (Å²) < 4.78 is 4.85. The first-order valence-electron chi connectivity index (χ1n) is 4.45. The zero-order chi connectivity index (χ0) is 10.4. The second-order valence-corrected chi connectivity index (χ2v) is 2.94. The summed E-state index contributed by atoms with van der Waals surface area (Å²) in [6.45, 7) is 1.72. The Morgan fingerprint density at radius 1 is 1.29 bits per heavy atom. The summed E-state index contributed by atoms with van der Waals surface area (Å²) in [4.78, 5) is 0. The van der Waals surface area contributed by atoms with Crippen LogP contribution < -0.4 is 5.32 Å². The fourth-order valence-corrected chi connectivity index (χ4v) is 1.13. The van der Waals surface area contributed by atoms with Gasteiger partial charge in [-0.1, -0.05) is 6.07 Å². The van der Waals surface area contributed by atoms with Gasteiger partial charge in [0.2, 0.25) is 0 Å². The highest BCUT2D eigenvalue weighted by atomic mass is 16.5. The minimum Gasteiger partial charge on any atom is -0.507 e. The molecule has 1 aromatic rings. The molecule has 0 unspecified atom stereocenters. The van der Waals surface area contributed by atoms with Crippen LogP contribution in [0.1, 0.15) is 5.56 Å². The van der Waals surface area contributed by atoms with Gasteiger partial charge >= 0.3 is 0 Å². The normalized spacial score (nSPS) is 10.4. The number of phenolic OH excluding ortho intramolecular Hbond substituents is 2. The number of rotatable bonds is 5. The quantitative estimate of drug-likeness (QED) is 0.612. The van der Waals surface area contributed by atoms with Crippen LogP contribution in [-0.4, -0.2) is 30.5 Å². The maximum Gasteiger partial charge on any atom is 0.123 e. The monoisotopic (exact) mass is 197 g/mol. The average Bonchev–Trinajstić information content (AvgIpc) is 2.16. The Hall–Kier alpha value is -1.26. The minimum atomic E-state index is 0.106. The van der Waals surface area contributed by atoms with Crippen LogP contribution in [0.2, 0.25) is 0 Å². The summed E-state index contributed by atoms with van der Waals surface area (Å²) in [5, 5.41) is 21.9. The summed E-state index contributed by atoms with van der Waals surface area (Å²) in [7, 11) is 1.62. The van der Waals surface area contributed by atoms with E-state index in [1.54, 1.807) is 25.3 Å². The van der Waals surface area contributed by atoms with Crippen molar-refractivity contribution < 1.29 is 14.9 Å². The van der Waals surface area contributed by atoms with E-state index in [0.29, 0.717) is 25.3 Å². The molecule has 3 N–H and O–H groups in total. The maximum atomic E-state index is 9.42. The van der Waals surface area contributed by atoms with Crippen molar-refractivity contribution in [3.8, 4) is 11.5 Å². The topological polar surface area (TPSA) is 61.7 Å². The fraction of sp³-hybridized carbons (Fsp3) is 0.400. The second kappa shape index (κ2) is 5.47. The van der Waals surface area contributed by atoms with Crippen LogP contribution in [0.15, 0.2) is 18.2 Å². The standard InChI is InChI=1S/C10H15NO3/c1-14-6-5-11-7-8-9(12)3-2-4-10(8)13/h2-4,11-13H,5-7H2,1H3. The van der Waals surface area contributed by atoms with E-state index in [4.69, 9.17) is 4.74 Å². The van der Waals surface area contributed by atoms with Crippen molar-refractivity contribution >= 4 is 0 Å². The second-order valence-electron chi connectivity index (χ2n) is 2.94. The van der Waals surface area contributed by atoms with Crippen LogP contribution in [0.25, 0.3) is 0 Å². The van der Waals surface area contributed by atoms with E-state index in [1.807, 2.05) is 0 Å². The molecule has 0 atom stereocenters. The summed E-state index contributed by atoms with van der Waals surface area (Å²) in [5.74, 6) is 0.213. The summed E-state index contributed by atoms with van der Waals surface area (Å²) in [6.07, 6.45) is 0. The summed E-state index contributed by atoms with van der Waals surface area (Å²) >= 11 is 0. The van der Waals surface area contributed by atoms with E-state index >= 15 is 0 Å². The Morgan fingerprint density at radius 2 is 1.93 bits per heavy atom. The lowest BCUT2D eigenvalue weighted by Crippen LogP contribution is -2.18. The first kappa shape index (κ1) is 10.8. The zero-order valence-corrected chi connectivity index (χ0v) is 8.16. The molecule has 4 nitrogen and oxygen atoms in total. The number of ether oxygens (including phenoxy) is 1. The lowest BCUT2D eigenvalue weighted by atomic mass is 10.2. The van der Waals surface area contributed by atoms with Gasteiger partial charge in [0, 0.05) is 25.8 Å². The van der Waals surface area contributed by atoms with Crippen LogP contribution in [-0.2, 0) is 11.3 Å². The predicted octanol–water partition coefficient (Wildman–Crippen LogP) is 0.834. The average molecular weight is 197 g/mol. The Kier molecular flexibility index (Phi) is 4.22. The van der Waals surface area contributed by atoms with Gasteiger partial charge in [-0.3, -0.25) is 0 Å². The number of aromatic hydroxyl groups is 2. The number of benzene rings is 1. The molecular formula is C10H15NO3. The smallest absolute Gasteiger partial charge is 0.123 e. The number of methoxy groups -OCH3 is 1. The van der Waals surface area contributed by atoms with Gasteiger partial charge in [0.15, 0.2) is 0 Å². The van der Waals surface area contributed by atoms with Gasteiger partial charge in [-0.15, -0.1) is 0 Å². The fourth-order valence-electron chi connectivity index (χ4n) is 1.13. The Labute approximate surface area is 83.1 Å². The molecule has 0 aromatic heterocycles. The molecule has 14 heavy (non-hydrogen) atoms. The highest BCUT2D eigenvalue weighted by Gasteiger charge is 2.05.